The molecule has 0 nitrogen and oxygen atoms in total. The second-order valence-corrected chi connectivity index (χ2v) is 3.68. The molecule has 0 heterocycles. The zero-order valence-electron chi connectivity index (χ0n) is 8.14. The van der Waals surface area contributed by atoms with E-state index in [-0.39, 0.29) is 0 Å². The molecule has 1 aliphatic rings. The van der Waals surface area contributed by atoms with Crippen molar-refractivity contribution < 1.29 is 0 Å². The van der Waals surface area contributed by atoms with Crippen LogP contribution in [-0.4, -0.2) is 0 Å². The second-order valence-electron chi connectivity index (χ2n) is 3.68. The van der Waals surface area contributed by atoms with E-state index in [1.54, 1.807) is 0 Å². The third kappa shape index (κ3) is 1.53. The Morgan fingerprint density at radius 2 is 2.23 bits per heavy atom. The Labute approximate surface area is 80.3 Å². The summed E-state index contributed by atoms with van der Waals surface area (Å²) in [5, 5.41) is 0. The van der Waals surface area contributed by atoms with E-state index < -0.39 is 0 Å². The zero-order valence-corrected chi connectivity index (χ0v) is 8.14. The van der Waals surface area contributed by atoms with Gasteiger partial charge >= 0.3 is 0 Å². The maximum absolute atomic E-state index is 3.74. The smallest absolute Gasteiger partial charge is 0.0149 e. The molecule has 0 heteroatoms. The minimum atomic E-state index is 0.836. The Kier molecular flexibility index (Phi) is 2.22. The molecular weight excluding hydrogens is 156 g/mol. The molecule has 1 fully saturated rings. The molecule has 1 aromatic rings. The number of rotatable bonds is 3. The standard InChI is InChI=1S/C13H15/c1-3-10-6-5-7-13(11-8-9-11)12(10)4-2/h5-7,11H,1,4,8-9H2,2H3. The highest BCUT2D eigenvalue weighted by atomic mass is 14.3. The lowest BCUT2D eigenvalue weighted by molar-refractivity contribution is 1.02. The average molecular weight is 171 g/mol. The van der Waals surface area contributed by atoms with Gasteiger partial charge in [0.15, 0.2) is 0 Å². The third-order valence-electron chi connectivity index (χ3n) is 2.77. The van der Waals surface area contributed by atoms with E-state index in [0.29, 0.717) is 0 Å². The molecule has 13 heavy (non-hydrogen) atoms. The summed E-state index contributed by atoms with van der Waals surface area (Å²) in [6.45, 7) is 5.95. The molecule has 0 aromatic heterocycles. The Hall–Kier alpha value is -1.04. The quantitative estimate of drug-likeness (QED) is 0.653. The van der Waals surface area contributed by atoms with Crippen molar-refractivity contribution in [1.29, 1.82) is 0 Å². The fourth-order valence-electron chi connectivity index (χ4n) is 1.94. The second kappa shape index (κ2) is 3.37. The molecule has 67 valence electrons. The average Bonchev–Trinajstić information content (AvgIpc) is 2.99. The lowest BCUT2D eigenvalue weighted by atomic mass is 9.96. The summed E-state index contributed by atoms with van der Waals surface area (Å²) in [6, 6.07) is 6.50. The molecule has 0 bridgehead atoms. The molecule has 0 saturated heterocycles. The van der Waals surface area contributed by atoms with Gasteiger partial charge in [-0.1, -0.05) is 31.7 Å². The highest BCUT2D eigenvalue weighted by Gasteiger charge is 2.25. The van der Waals surface area contributed by atoms with Gasteiger partial charge < -0.3 is 0 Å². The van der Waals surface area contributed by atoms with E-state index in [1.807, 2.05) is 0 Å². The minimum Gasteiger partial charge on any atom is -0.0905 e. The normalized spacial score (nSPS) is 15.8. The molecule has 1 saturated carbocycles. The van der Waals surface area contributed by atoms with Crippen molar-refractivity contribution in [2.45, 2.75) is 32.1 Å². The van der Waals surface area contributed by atoms with Crippen LogP contribution in [0.2, 0.25) is 0 Å². The van der Waals surface area contributed by atoms with E-state index >= 15 is 0 Å². The molecule has 0 spiro atoms. The molecule has 2 rings (SSSR count). The van der Waals surface area contributed by atoms with E-state index in [2.05, 4.69) is 37.8 Å². The molecule has 0 N–H and O–H groups in total. The SMILES string of the molecule is C=[C]c1cccc(C2CC2)c1CC. The van der Waals surface area contributed by atoms with Crippen LogP contribution in [0.3, 0.4) is 0 Å². The van der Waals surface area contributed by atoms with Gasteiger partial charge in [0.2, 0.25) is 0 Å². The van der Waals surface area contributed by atoms with Crippen molar-refractivity contribution in [3.8, 4) is 0 Å². The summed E-state index contributed by atoms with van der Waals surface area (Å²) in [6.07, 6.45) is 6.86. The Morgan fingerprint density at radius 3 is 2.77 bits per heavy atom. The molecule has 1 aromatic carbocycles. The van der Waals surface area contributed by atoms with Crippen LogP contribution in [0.25, 0.3) is 0 Å². The number of benzene rings is 1. The van der Waals surface area contributed by atoms with E-state index in [4.69, 9.17) is 0 Å². The Morgan fingerprint density at radius 1 is 1.46 bits per heavy atom. The summed E-state index contributed by atoms with van der Waals surface area (Å²) in [5.41, 5.74) is 4.20. The van der Waals surface area contributed by atoms with E-state index in [0.717, 1.165) is 12.3 Å². The molecular formula is C13H15. The van der Waals surface area contributed by atoms with Crippen molar-refractivity contribution in [2.75, 3.05) is 0 Å². The summed E-state index contributed by atoms with van der Waals surface area (Å²) in [4.78, 5) is 0. The summed E-state index contributed by atoms with van der Waals surface area (Å²) in [7, 11) is 0. The lowest BCUT2D eigenvalue weighted by Gasteiger charge is -2.09. The van der Waals surface area contributed by atoms with Crippen LogP contribution in [0.1, 0.15) is 42.4 Å². The number of hydrogen-bond acceptors (Lipinski definition) is 0. The van der Waals surface area contributed by atoms with E-state index in [9.17, 15) is 0 Å². The maximum atomic E-state index is 3.74. The van der Waals surface area contributed by atoms with Gasteiger partial charge in [0, 0.05) is 0 Å². The van der Waals surface area contributed by atoms with Crippen molar-refractivity contribution in [3.05, 3.63) is 47.5 Å². The van der Waals surface area contributed by atoms with Gasteiger partial charge in [0.25, 0.3) is 0 Å². The summed E-state index contributed by atoms with van der Waals surface area (Å²) < 4.78 is 0. The first-order valence-corrected chi connectivity index (χ1v) is 5.01. The first-order valence-electron chi connectivity index (χ1n) is 5.01. The Balaban J connectivity index is 2.47. The number of hydrogen-bond donors (Lipinski definition) is 0. The van der Waals surface area contributed by atoms with Crippen molar-refractivity contribution in [2.24, 2.45) is 0 Å². The Bertz CT molecular complexity index is 319. The van der Waals surface area contributed by atoms with Crippen LogP contribution < -0.4 is 0 Å². The summed E-state index contributed by atoms with van der Waals surface area (Å²) in [5.74, 6) is 0.836. The van der Waals surface area contributed by atoms with Crippen LogP contribution in [0, 0.1) is 6.08 Å². The van der Waals surface area contributed by atoms with Gasteiger partial charge in [-0.2, -0.15) is 0 Å². The predicted molar refractivity (Wildman–Crippen MR) is 55.8 cm³/mol. The van der Waals surface area contributed by atoms with Gasteiger partial charge in [-0.3, -0.25) is 0 Å². The van der Waals surface area contributed by atoms with Crippen LogP contribution in [0.4, 0.5) is 0 Å². The van der Waals surface area contributed by atoms with Gasteiger partial charge in [-0.25, -0.2) is 0 Å². The van der Waals surface area contributed by atoms with Gasteiger partial charge in [0.05, 0.1) is 0 Å². The van der Waals surface area contributed by atoms with Gasteiger partial charge in [-0.05, 0) is 47.9 Å². The fourth-order valence-corrected chi connectivity index (χ4v) is 1.94. The molecule has 1 radical (unpaired) electrons. The van der Waals surface area contributed by atoms with Crippen LogP contribution in [0.15, 0.2) is 24.8 Å². The van der Waals surface area contributed by atoms with Crippen molar-refractivity contribution in [3.63, 3.8) is 0 Å². The van der Waals surface area contributed by atoms with E-state index in [1.165, 1.54) is 29.5 Å². The summed E-state index contributed by atoms with van der Waals surface area (Å²) >= 11 is 0. The van der Waals surface area contributed by atoms with Crippen molar-refractivity contribution >= 4 is 0 Å². The van der Waals surface area contributed by atoms with Gasteiger partial charge in [0.1, 0.15) is 0 Å². The third-order valence-corrected chi connectivity index (χ3v) is 2.77. The first-order chi connectivity index (χ1) is 6.36. The minimum absolute atomic E-state index is 0.836. The fraction of sp³-hybridized carbons (Fsp3) is 0.385. The highest BCUT2D eigenvalue weighted by molar-refractivity contribution is 5.42. The van der Waals surface area contributed by atoms with Crippen LogP contribution >= 0.6 is 0 Å². The highest BCUT2D eigenvalue weighted by Crippen LogP contribution is 2.42. The van der Waals surface area contributed by atoms with Gasteiger partial charge in [-0.15, -0.1) is 0 Å². The molecule has 0 atom stereocenters. The molecule has 0 amide bonds. The lowest BCUT2D eigenvalue weighted by Crippen LogP contribution is -1.94. The predicted octanol–water partition coefficient (Wildman–Crippen LogP) is 3.46. The maximum Gasteiger partial charge on any atom is -0.0149 e. The van der Waals surface area contributed by atoms with Crippen LogP contribution in [-0.2, 0) is 6.42 Å². The monoisotopic (exact) mass is 171 g/mol. The topological polar surface area (TPSA) is 0 Å². The largest absolute Gasteiger partial charge is 0.0905 e. The first kappa shape index (κ1) is 8.55. The molecule has 0 aliphatic heterocycles. The zero-order chi connectivity index (χ0) is 9.26. The molecule has 1 aliphatic carbocycles. The molecule has 0 unspecified atom stereocenters. The van der Waals surface area contributed by atoms with Crippen LogP contribution in [0.5, 0.6) is 0 Å². The van der Waals surface area contributed by atoms with Crippen molar-refractivity contribution in [1.82, 2.24) is 0 Å².